The molecule has 4 rings (SSSR count). The first-order valence-corrected chi connectivity index (χ1v) is 12.6. The Morgan fingerprint density at radius 3 is 2.44 bits per heavy atom. The fourth-order valence-electron chi connectivity index (χ4n) is 4.61. The van der Waals surface area contributed by atoms with Crippen molar-refractivity contribution in [1.29, 1.82) is 0 Å². The molecular formula is C28H35N3O5. The van der Waals surface area contributed by atoms with Gasteiger partial charge < -0.3 is 14.8 Å². The Morgan fingerprint density at radius 2 is 1.78 bits per heavy atom. The van der Waals surface area contributed by atoms with Crippen molar-refractivity contribution in [2.45, 2.75) is 64.0 Å². The maximum Gasteiger partial charge on any atom is 0.320 e. The Bertz CT molecular complexity index is 1090. The van der Waals surface area contributed by atoms with E-state index < -0.39 is 11.6 Å². The standard InChI is InChI=1S/C28H35N3O5/c1-28(2,3)36-26(33)18-31-15-13-19(14-16-31)20-9-10-22(29-23-11-12-25(32)30-27(23)34)24(17-20)35-21-7-5-4-6-8-21/h4-10,17,19,23,29H,11-16,18H2,1-3H3,(H,30,32,34). The second kappa shape index (κ2) is 11.1. The maximum absolute atomic E-state index is 12.3. The van der Waals surface area contributed by atoms with Gasteiger partial charge in [-0.05, 0) is 88.9 Å². The van der Waals surface area contributed by atoms with Crippen LogP contribution in [0.3, 0.4) is 0 Å². The molecule has 0 spiro atoms. The molecule has 0 aromatic heterocycles. The predicted molar refractivity (Wildman–Crippen MR) is 137 cm³/mol. The lowest BCUT2D eigenvalue weighted by Crippen LogP contribution is -2.47. The molecule has 2 aliphatic rings. The SMILES string of the molecule is CC(C)(C)OC(=O)CN1CCC(c2ccc(NC3CCC(=O)NC3=O)c(Oc3ccccc3)c2)CC1. The number of carbonyl (C=O) groups excluding carboxylic acids is 3. The van der Waals surface area contributed by atoms with Gasteiger partial charge in [-0.2, -0.15) is 0 Å². The molecule has 8 nitrogen and oxygen atoms in total. The zero-order valence-electron chi connectivity index (χ0n) is 21.2. The molecule has 8 heteroatoms. The van der Waals surface area contributed by atoms with Crippen LogP contribution in [0.5, 0.6) is 11.5 Å². The highest BCUT2D eigenvalue weighted by molar-refractivity contribution is 6.01. The second-order valence-corrected chi connectivity index (χ2v) is 10.5. The molecule has 0 bridgehead atoms. The predicted octanol–water partition coefficient (Wildman–Crippen LogP) is 4.22. The van der Waals surface area contributed by atoms with Gasteiger partial charge in [-0.15, -0.1) is 0 Å². The summed E-state index contributed by atoms with van der Waals surface area (Å²) < 4.78 is 11.7. The van der Waals surface area contributed by atoms with Gasteiger partial charge in [0.2, 0.25) is 11.8 Å². The van der Waals surface area contributed by atoms with Crippen molar-refractivity contribution >= 4 is 23.5 Å². The van der Waals surface area contributed by atoms with Crippen LogP contribution in [0.1, 0.15) is 57.9 Å². The number of amides is 2. The Hall–Kier alpha value is -3.39. The number of para-hydroxylation sites is 1. The summed E-state index contributed by atoms with van der Waals surface area (Å²) in [7, 11) is 0. The number of rotatable bonds is 7. The van der Waals surface area contributed by atoms with E-state index in [1.165, 1.54) is 0 Å². The highest BCUT2D eigenvalue weighted by atomic mass is 16.6. The third kappa shape index (κ3) is 7.07. The van der Waals surface area contributed by atoms with Gasteiger partial charge >= 0.3 is 5.97 Å². The number of hydrogen-bond acceptors (Lipinski definition) is 7. The highest BCUT2D eigenvalue weighted by Crippen LogP contribution is 2.37. The summed E-state index contributed by atoms with van der Waals surface area (Å²) in [5, 5.41) is 5.66. The molecule has 0 radical (unpaired) electrons. The number of piperidine rings is 2. The molecule has 1 unspecified atom stereocenters. The maximum atomic E-state index is 12.3. The average molecular weight is 494 g/mol. The van der Waals surface area contributed by atoms with E-state index in [4.69, 9.17) is 9.47 Å². The van der Waals surface area contributed by atoms with E-state index in [2.05, 4.69) is 21.6 Å². The molecule has 0 saturated carbocycles. The summed E-state index contributed by atoms with van der Waals surface area (Å²) in [6, 6.07) is 15.1. The van der Waals surface area contributed by atoms with Crippen molar-refractivity contribution in [1.82, 2.24) is 10.2 Å². The lowest BCUT2D eigenvalue weighted by Gasteiger charge is -2.32. The van der Waals surface area contributed by atoms with E-state index >= 15 is 0 Å². The van der Waals surface area contributed by atoms with E-state index in [1.807, 2.05) is 63.2 Å². The number of anilines is 1. The molecule has 1 atom stereocenters. The van der Waals surface area contributed by atoms with E-state index in [0.717, 1.165) is 31.5 Å². The zero-order valence-corrected chi connectivity index (χ0v) is 21.2. The van der Waals surface area contributed by atoms with Crippen LogP contribution in [0.25, 0.3) is 0 Å². The zero-order chi connectivity index (χ0) is 25.7. The molecule has 36 heavy (non-hydrogen) atoms. The van der Waals surface area contributed by atoms with Crippen LogP contribution in [-0.4, -0.2) is 54.0 Å². The fraction of sp³-hybridized carbons (Fsp3) is 0.464. The Balaban J connectivity index is 1.45. The fourth-order valence-corrected chi connectivity index (χ4v) is 4.61. The van der Waals surface area contributed by atoms with Gasteiger partial charge in [0.05, 0.1) is 12.2 Å². The molecule has 2 aromatic carbocycles. The van der Waals surface area contributed by atoms with Gasteiger partial charge in [-0.3, -0.25) is 24.6 Å². The number of imide groups is 1. The molecule has 2 amide bonds. The number of hydrogen-bond donors (Lipinski definition) is 2. The van der Waals surface area contributed by atoms with E-state index in [-0.39, 0.29) is 17.8 Å². The normalized spacial score (nSPS) is 19.5. The molecule has 2 saturated heterocycles. The van der Waals surface area contributed by atoms with Gasteiger partial charge in [0.15, 0.2) is 5.75 Å². The quantitative estimate of drug-likeness (QED) is 0.440. The third-order valence-corrected chi connectivity index (χ3v) is 6.38. The van der Waals surface area contributed by atoms with Crippen LogP contribution in [0, 0.1) is 0 Å². The van der Waals surface area contributed by atoms with Gasteiger partial charge in [-0.25, -0.2) is 0 Å². The molecule has 2 fully saturated rings. The lowest BCUT2D eigenvalue weighted by molar-refractivity contribution is -0.156. The first kappa shape index (κ1) is 25.7. The Labute approximate surface area is 212 Å². The van der Waals surface area contributed by atoms with Crippen molar-refractivity contribution < 1.29 is 23.9 Å². The average Bonchev–Trinajstić information content (AvgIpc) is 2.82. The number of carbonyl (C=O) groups is 3. The summed E-state index contributed by atoms with van der Waals surface area (Å²) in [6.07, 6.45) is 2.59. The topological polar surface area (TPSA) is 97.0 Å². The van der Waals surface area contributed by atoms with Crippen molar-refractivity contribution in [2.24, 2.45) is 0 Å². The van der Waals surface area contributed by atoms with Crippen LogP contribution < -0.4 is 15.4 Å². The van der Waals surface area contributed by atoms with Crippen molar-refractivity contribution in [3.63, 3.8) is 0 Å². The van der Waals surface area contributed by atoms with Crippen LogP contribution in [0.4, 0.5) is 5.69 Å². The van der Waals surface area contributed by atoms with E-state index in [9.17, 15) is 14.4 Å². The van der Waals surface area contributed by atoms with Gasteiger partial charge in [-0.1, -0.05) is 24.3 Å². The minimum Gasteiger partial charge on any atom is -0.459 e. The Kier molecular flexibility index (Phi) is 7.94. The number of benzene rings is 2. The molecule has 2 heterocycles. The molecule has 2 aromatic rings. The highest BCUT2D eigenvalue weighted by Gasteiger charge is 2.28. The number of esters is 1. The Morgan fingerprint density at radius 1 is 1.06 bits per heavy atom. The van der Waals surface area contributed by atoms with Crippen molar-refractivity contribution in [3.05, 3.63) is 54.1 Å². The van der Waals surface area contributed by atoms with Crippen LogP contribution >= 0.6 is 0 Å². The second-order valence-electron chi connectivity index (χ2n) is 10.5. The van der Waals surface area contributed by atoms with E-state index in [0.29, 0.717) is 42.5 Å². The largest absolute Gasteiger partial charge is 0.459 e. The lowest BCUT2D eigenvalue weighted by atomic mass is 9.89. The summed E-state index contributed by atoms with van der Waals surface area (Å²) >= 11 is 0. The first-order valence-electron chi connectivity index (χ1n) is 12.6. The molecular weight excluding hydrogens is 458 g/mol. The minimum absolute atomic E-state index is 0.191. The summed E-state index contributed by atoms with van der Waals surface area (Å²) in [6.45, 7) is 7.58. The number of likely N-dealkylation sites (tertiary alicyclic amines) is 1. The number of nitrogens with zero attached hydrogens (tertiary/aromatic N) is 1. The summed E-state index contributed by atoms with van der Waals surface area (Å²) in [4.78, 5) is 38.2. The monoisotopic (exact) mass is 493 g/mol. The molecule has 2 N–H and O–H groups in total. The third-order valence-electron chi connectivity index (χ3n) is 6.38. The van der Waals surface area contributed by atoms with Crippen LogP contribution in [0.2, 0.25) is 0 Å². The van der Waals surface area contributed by atoms with Gasteiger partial charge in [0.1, 0.15) is 17.4 Å². The van der Waals surface area contributed by atoms with Crippen LogP contribution in [-0.2, 0) is 19.1 Å². The van der Waals surface area contributed by atoms with Crippen LogP contribution in [0.15, 0.2) is 48.5 Å². The first-order chi connectivity index (χ1) is 17.2. The number of ether oxygens (including phenoxy) is 2. The molecule has 0 aliphatic carbocycles. The van der Waals surface area contributed by atoms with Gasteiger partial charge in [0, 0.05) is 6.42 Å². The minimum atomic E-state index is -0.497. The van der Waals surface area contributed by atoms with Crippen molar-refractivity contribution in [2.75, 3.05) is 25.0 Å². The molecule has 192 valence electrons. The van der Waals surface area contributed by atoms with Gasteiger partial charge in [0.25, 0.3) is 0 Å². The van der Waals surface area contributed by atoms with E-state index in [1.54, 1.807) is 0 Å². The molecule has 2 aliphatic heterocycles. The van der Waals surface area contributed by atoms with Crippen molar-refractivity contribution in [3.8, 4) is 11.5 Å². The summed E-state index contributed by atoms with van der Waals surface area (Å²) in [5.74, 6) is 0.921. The summed E-state index contributed by atoms with van der Waals surface area (Å²) in [5.41, 5.74) is 1.39. The smallest absolute Gasteiger partial charge is 0.320 e. The number of nitrogens with one attached hydrogen (secondary N) is 2.